The zero-order chi connectivity index (χ0) is 31.5. The zero-order valence-electron chi connectivity index (χ0n) is 23.2. The van der Waals surface area contributed by atoms with E-state index in [4.69, 9.17) is 5.73 Å². The number of ketones is 4. The number of nitrogens with zero attached hydrogens (tertiary/aromatic N) is 1. The van der Waals surface area contributed by atoms with Crippen LogP contribution in [0.5, 0.6) is 5.75 Å². The molecule has 2 unspecified atom stereocenters. The van der Waals surface area contributed by atoms with Crippen LogP contribution >= 0.6 is 0 Å². The third-order valence-corrected chi connectivity index (χ3v) is 8.58. The number of aliphatic hydroxyl groups excluding tert-OH is 1. The molecule has 14 nitrogen and oxygen atoms in total. The number of benzene rings is 2. The van der Waals surface area contributed by atoms with E-state index in [2.05, 4.69) is 10.6 Å². The largest absolute Gasteiger partial charge is 0.505 e. The summed E-state index contributed by atoms with van der Waals surface area (Å²) in [6, 6.07) is 6.26. The maximum absolute atomic E-state index is 13.9. The van der Waals surface area contributed by atoms with Gasteiger partial charge in [0.15, 0.2) is 40.9 Å². The highest BCUT2D eigenvalue weighted by molar-refractivity contribution is 6.31. The minimum absolute atomic E-state index is 0.0385. The standard InChI is InChI=1S/C29H30N4O10/c1-33(2)17-10-16(32-28(42)31-14-5-3-11(4-6-14)27(40)41)22(35)20-15(17)8-12-7-13-9-18(34)21(26(30)39)25(38)29(13,43)24(37)19(12)23(20)36/h3-6,10,12-13,19,21,27,35,40-41,43H,7-9H2,1-2H3,(H2,30,39)(H2,31,32,42)/t12-,13+,19?,21?,29+/m1/s1. The summed E-state index contributed by atoms with van der Waals surface area (Å²) in [7, 11) is 3.36. The van der Waals surface area contributed by atoms with Crippen LogP contribution in [0.15, 0.2) is 30.3 Å². The average molecular weight is 595 g/mol. The molecule has 3 aliphatic carbocycles. The number of carbonyl (C=O) groups excluding carboxylic acids is 6. The Balaban J connectivity index is 1.49. The van der Waals surface area contributed by atoms with E-state index >= 15 is 0 Å². The molecule has 2 aromatic rings. The van der Waals surface area contributed by atoms with E-state index in [0.717, 1.165) is 0 Å². The number of primary amides is 1. The highest BCUT2D eigenvalue weighted by Gasteiger charge is 2.66. The van der Waals surface area contributed by atoms with Gasteiger partial charge in [0.2, 0.25) is 5.91 Å². The number of Topliss-reactive ketones (excluding diaryl/α,β-unsaturated/α-hetero) is 4. The molecule has 3 aliphatic rings. The molecule has 5 atom stereocenters. The second-order valence-corrected chi connectivity index (χ2v) is 11.4. The molecule has 0 radical (unpaired) electrons. The lowest BCUT2D eigenvalue weighted by molar-refractivity contribution is -0.175. The molecule has 14 heteroatoms. The van der Waals surface area contributed by atoms with Crippen molar-refractivity contribution in [2.24, 2.45) is 29.4 Å². The third kappa shape index (κ3) is 4.73. The molecule has 0 heterocycles. The Bertz CT molecular complexity index is 1580. The summed E-state index contributed by atoms with van der Waals surface area (Å²) in [5, 5.41) is 46.1. The van der Waals surface area contributed by atoms with Crippen molar-refractivity contribution in [3.05, 3.63) is 47.0 Å². The highest BCUT2D eigenvalue weighted by Crippen LogP contribution is 2.52. The summed E-state index contributed by atoms with van der Waals surface area (Å²) in [6.07, 6.45) is -2.08. The molecule has 2 aromatic carbocycles. The number of phenolic OH excluding ortho intramolecular Hbond substituents is 1. The summed E-state index contributed by atoms with van der Waals surface area (Å²) in [5.74, 6) is -11.4. The van der Waals surface area contributed by atoms with Crippen LogP contribution in [-0.4, -0.2) is 75.2 Å². The van der Waals surface area contributed by atoms with Gasteiger partial charge in [0.1, 0.15) is 5.75 Å². The van der Waals surface area contributed by atoms with E-state index in [1.165, 1.54) is 30.3 Å². The molecule has 2 fully saturated rings. The van der Waals surface area contributed by atoms with E-state index in [-0.39, 0.29) is 35.3 Å². The lowest BCUT2D eigenvalue weighted by Gasteiger charge is -2.48. The Labute approximate surface area is 244 Å². The number of nitrogens with two attached hydrogens (primary N) is 1. The molecule has 226 valence electrons. The summed E-state index contributed by atoms with van der Waals surface area (Å²) in [4.78, 5) is 79.6. The van der Waals surface area contributed by atoms with Gasteiger partial charge in [-0.2, -0.15) is 0 Å². The van der Waals surface area contributed by atoms with Gasteiger partial charge in [-0.25, -0.2) is 4.79 Å². The smallest absolute Gasteiger partial charge is 0.323 e. The first kappa shape index (κ1) is 29.8. The van der Waals surface area contributed by atoms with Crippen LogP contribution in [0.4, 0.5) is 21.9 Å². The van der Waals surface area contributed by atoms with E-state index in [9.17, 15) is 49.2 Å². The zero-order valence-corrected chi connectivity index (χ0v) is 23.2. The normalized spacial score (nSPS) is 26.4. The van der Waals surface area contributed by atoms with Crippen molar-refractivity contribution in [3.63, 3.8) is 0 Å². The van der Waals surface area contributed by atoms with Gasteiger partial charge in [-0.15, -0.1) is 0 Å². The number of phenols is 1. The van der Waals surface area contributed by atoms with Gasteiger partial charge in [-0.1, -0.05) is 12.1 Å². The van der Waals surface area contributed by atoms with E-state index < -0.39 is 82.8 Å². The summed E-state index contributed by atoms with van der Waals surface area (Å²) in [6.45, 7) is 0. The molecule has 2 saturated carbocycles. The maximum Gasteiger partial charge on any atom is 0.323 e. The Morgan fingerprint density at radius 1 is 1.02 bits per heavy atom. The minimum Gasteiger partial charge on any atom is -0.505 e. The van der Waals surface area contributed by atoms with Crippen LogP contribution < -0.4 is 21.3 Å². The molecule has 5 rings (SSSR count). The number of carbonyl (C=O) groups is 6. The Morgan fingerprint density at radius 3 is 2.26 bits per heavy atom. The number of nitrogens with one attached hydrogen (secondary N) is 2. The molecule has 0 bridgehead atoms. The van der Waals surface area contributed by atoms with Gasteiger partial charge < -0.3 is 41.7 Å². The van der Waals surface area contributed by atoms with Crippen LogP contribution in [-0.2, 0) is 25.6 Å². The topological polar surface area (TPSA) is 237 Å². The first-order valence-corrected chi connectivity index (χ1v) is 13.4. The van der Waals surface area contributed by atoms with E-state index in [1.54, 1.807) is 19.0 Å². The van der Waals surface area contributed by atoms with Crippen molar-refractivity contribution >= 4 is 52.1 Å². The van der Waals surface area contributed by atoms with Crippen LogP contribution in [0.1, 0.15) is 40.6 Å². The molecular formula is C29H30N4O10. The third-order valence-electron chi connectivity index (χ3n) is 8.58. The number of rotatable bonds is 5. The van der Waals surface area contributed by atoms with Crippen LogP contribution in [0, 0.1) is 23.7 Å². The molecule has 0 aliphatic heterocycles. The predicted molar refractivity (Wildman–Crippen MR) is 149 cm³/mol. The monoisotopic (exact) mass is 594 g/mol. The van der Waals surface area contributed by atoms with Crippen molar-refractivity contribution in [2.45, 2.75) is 31.2 Å². The summed E-state index contributed by atoms with van der Waals surface area (Å²) in [5.41, 5.74) is 3.35. The van der Waals surface area contributed by atoms with Crippen LogP contribution in [0.25, 0.3) is 0 Å². The number of hydrogen-bond acceptors (Lipinski definition) is 11. The minimum atomic E-state index is -2.76. The highest BCUT2D eigenvalue weighted by atomic mass is 16.5. The average Bonchev–Trinajstić information content (AvgIpc) is 2.92. The molecule has 3 amide bonds. The molecule has 8 N–H and O–H groups in total. The first-order valence-electron chi connectivity index (χ1n) is 13.4. The van der Waals surface area contributed by atoms with Crippen molar-refractivity contribution in [1.82, 2.24) is 0 Å². The fourth-order valence-electron chi connectivity index (χ4n) is 6.53. The quantitative estimate of drug-likeness (QED) is 0.138. The fraction of sp³-hybridized carbons (Fsp3) is 0.379. The number of anilines is 3. The van der Waals surface area contributed by atoms with Crippen molar-refractivity contribution in [2.75, 3.05) is 29.6 Å². The summed E-state index contributed by atoms with van der Waals surface area (Å²) >= 11 is 0. The van der Waals surface area contributed by atoms with Gasteiger partial charge >= 0.3 is 6.03 Å². The predicted octanol–water partition coefficient (Wildman–Crippen LogP) is 0.0201. The van der Waals surface area contributed by atoms with Gasteiger partial charge in [-0.3, -0.25) is 24.0 Å². The lowest BCUT2D eigenvalue weighted by atomic mass is 9.53. The summed E-state index contributed by atoms with van der Waals surface area (Å²) < 4.78 is 0. The van der Waals surface area contributed by atoms with Crippen molar-refractivity contribution < 1.29 is 49.2 Å². The number of amides is 3. The van der Waals surface area contributed by atoms with Crippen LogP contribution in [0.2, 0.25) is 0 Å². The van der Waals surface area contributed by atoms with Crippen LogP contribution in [0.3, 0.4) is 0 Å². The van der Waals surface area contributed by atoms with Crippen molar-refractivity contribution in [3.8, 4) is 5.75 Å². The van der Waals surface area contributed by atoms with Gasteiger partial charge in [0.05, 0.1) is 17.2 Å². The molecular weight excluding hydrogens is 564 g/mol. The molecule has 0 aromatic heterocycles. The van der Waals surface area contributed by atoms with Gasteiger partial charge in [0, 0.05) is 43.4 Å². The fourth-order valence-corrected chi connectivity index (χ4v) is 6.53. The molecule has 0 spiro atoms. The number of hydrogen-bond donors (Lipinski definition) is 7. The Morgan fingerprint density at radius 2 is 1.67 bits per heavy atom. The van der Waals surface area contributed by atoms with E-state index in [1.807, 2.05) is 0 Å². The first-order chi connectivity index (χ1) is 20.2. The second-order valence-electron chi connectivity index (χ2n) is 11.4. The number of urea groups is 1. The Kier molecular flexibility index (Phi) is 7.32. The van der Waals surface area contributed by atoms with Crippen molar-refractivity contribution in [1.29, 1.82) is 0 Å². The number of aliphatic hydroxyl groups is 3. The van der Waals surface area contributed by atoms with E-state index in [0.29, 0.717) is 11.3 Å². The number of aromatic hydroxyl groups is 1. The number of fused-ring (bicyclic) bond motifs is 3. The SMILES string of the molecule is CN(C)c1cc(NC(=O)Nc2ccc(C(O)O)cc2)c(O)c2c1C[C@H]1C[C@H]3CC(=O)C(C(N)=O)C(=O)[C@@]3(O)C(=O)C1C2=O. The second kappa shape index (κ2) is 10.6. The van der Waals surface area contributed by atoms with Gasteiger partial charge in [-0.05, 0) is 42.5 Å². The maximum atomic E-state index is 13.9. The Hall–Kier alpha value is -4.66. The lowest BCUT2D eigenvalue weighted by Crippen LogP contribution is -2.68. The molecule has 43 heavy (non-hydrogen) atoms. The van der Waals surface area contributed by atoms with Gasteiger partial charge in [0.25, 0.3) is 0 Å². The molecule has 0 saturated heterocycles.